The van der Waals surface area contributed by atoms with Crippen molar-refractivity contribution < 1.29 is 9.53 Å². The fourth-order valence-electron chi connectivity index (χ4n) is 2.68. The normalized spacial score (nSPS) is 18.8. The molecule has 2 atom stereocenters. The van der Waals surface area contributed by atoms with Crippen molar-refractivity contribution in [2.24, 2.45) is 5.92 Å². The van der Waals surface area contributed by atoms with Crippen LogP contribution in [0.4, 0.5) is 0 Å². The van der Waals surface area contributed by atoms with Gasteiger partial charge in [-0.05, 0) is 45.6 Å². The van der Waals surface area contributed by atoms with Crippen LogP contribution in [0.2, 0.25) is 0 Å². The highest BCUT2D eigenvalue weighted by Gasteiger charge is 2.18. The number of amides is 1. The highest BCUT2D eigenvalue weighted by atomic mass is 16.5. The van der Waals surface area contributed by atoms with E-state index in [9.17, 15) is 4.79 Å². The summed E-state index contributed by atoms with van der Waals surface area (Å²) in [5.41, 5.74) is 1.03. The van der Waals surface area contributed by atoms with Gasteiger partial charge >= 0.3 is 0 Å². The predicted molar refractivity (Wildman–Crippen MR) is 85.2 cm³/mol. The van der Waals surface area contributed by atoms with Gasteiger partial charge in [0.15, 0.2) is 0 Å². The first-order chi connectivity index (χ1) is 10.1. The lowest BCUT2D eigenvalue weighted by molar-refractivity contribution is -0.122. The maximum Gasteiger partial charge on any atom is 0.221 e. The van der Waals surface area contributed by atoms with Crippen LogP contribution >= 0.6 is 0 Å². The molecule has 0 bridgehead atoms. The minimum absolute atomic E-state index is 0.0437. The van der Waals surface area contributed by atoms with E-state index in [1.165, 1.54) is 0 Å². The van der Waals surface area contributed by atoms with Gasteiger partial charge in [-0.1, -0.05) is 30.4 Å². The Morgan fingerprint density at radius 3 is 2.76 bits per heavy atom. The number of rotatable bonds is 6. The van der Waals surface area contributed by atoms with Crippen LogP contribution < -0.4 is 10.1 Å². The number of carbonyl (C=O) groups is 1. The van der Waals surface area contributed by atoms with E-state index < -0.39 is 0 Å². The van der Waals surface area contributed by atoms with Crippen LogP contribution in [0.25, 0.3) is 0 Å². The lowest BCUT2D eigenvalue weighted by atomic mass is 10.0. The molecule has 0 heterocycles. The summed E-state index contributed by atoms with van der Waals surface area (Å²) < 4.78 is 5.82. The first-order valence-electron chi connectivity index (χ1n) is 7.78. The van der Waals surface area contributed by atoms with Crippen LogP contribution in [-0.4, -0.2) is 12.0 Å². The maximum atomic E-state index is 12.1. The van der Waals surface area contributed by atoms with Crippen molar-refractivity contribution in [3.05, 3.63) is 42.0 Å². The molecule has 0 saturated carbocycles. The Morgan fingerprint density at radius 2 is 2.10 bits per heavy atom. The maximum absolute atomic E-state index is 12.1. The van der Waals surface area contributed by atoms with Crippen molar-refractivity contribution in [1.82, 2.24) is 5.32 Å². The molecule has 0 fully saturated rings. The van der Waals surface area contributed by atoms with Gasteiger partial charge in [0.25, 0.3) is 0 Å². The molecule has 0 spiro atoms. The van der Waals surface area contributed by atoms with Crippen molar-refractivity contribution in [2.75, 3.05) is 0 Å². The van der Waals surface area contributed by atoms with Crippen LogP contribution in [0.5, 0.6) is 5.75 Å². The molecule has 0 radical (unpaired) electrons. The second-order valence-corrected chi connectivity index (χ2v) is 5.96. The zero-order chi connectivity index (χ0) is 15.2. The van der Waals surface area contributed by atoms with Gasteiger partial charge in [0.1, 0.15) is 5.75 Å². The smallest absolute Gasteiger partial charge is 0.221 e. The Kier molecular flexibility index (Phi) is 5.43. The number of benzene rings is 1. The van der Waals surface area contributed by atoms with Crippen molar-refractivity contribution in [1.29, 1.82) is 0 Å². The molecule has 0 aliphatic heterocycles. The van der Waals surface area contributed by atoms with E-state index in [0.29, 0.717) is 12.3 Å². The molecule has 0 unspecified atom stereocenters. The van der Waals surface area contributed by atoms with Crippen molar-refractivity contribution in [3.8, 4) is 5.75 Å². The summed E-state index contributed by atoms with van der Waals surface area (Å²) >= 11 is 0. The van der Waals surface area contributed by atoms with Gasteiger partial charge in [0, 0.05) is 12.0 Å². The Balaban J connectivity index is 1.97. The zero-order valence-electron chi connectivity index (χ0n) is 13.1. The molecule has 0 aromatic heterocycles. The number of carbonyl (C=O) groups excluding carboxylic acids is 1. The third-order valence-electron chi connectivity index (χ3n) is 3.69. The molecule has 21 heavy (non-hydrogen) atoms. The molecule has 1 aromatic carbocycles. The Hall–Kier alpha value is -1.77. The number of ether oxygens (including phenoxy) is 1. The number of allylic oxidation sites excluding steroid dienone is 2. The van der Waals surface area contributed by atoms with Gasteiger partial charge in [0.05, 0.1) is 12.1 Å². The summed E-state index contributed by atoms with van der Waals surface area (Å²) in [5.74, 6) is 1.36. The van der Waals surface area contributed by atoms with E-state index in [-0.39, 0.29) is 18.1 Å². The highest BCUT2D eigenvalue weighted by Crippen LogP contribution is 2.26. The minimum atomic E-state index is -0.0437. The SMILES string of the molecule is CC(C)Oc1ccccc1[C@@H](C)NC(=O)C[C@H]1C=CCC1. The summed E-state index contributed by atoms with van der Waals surface area (Å²) in [6.45, 7) is 6.02. The number of para-hydroxylation sites is 1. The van der Waals surface area contributed by atoms with E-state index in [2.05, 4.69) is 17.5 Å². The average molecular weight is 287 g/mol. The standard InChI is InChI=1S/C18H25NO2/c1-13(2)21-17-11-7-6-10-16(17)14(3)19-18(20)12-15-8-4-5-9-15/h4,6-8,10-11,13-15H,5,9,12H2,1-3H3,(H,19,20)/t14-,15+/m1/s1. The van der Waals surface area contributed by atoms with Gasteiger partial charge in [-0.2, -0.15) is 0 Å². The van der Waals surface area contributed by atoms with Crippen LogP contribution in [0.15, 0.2) is 36.4 Å². The molecule has 0 saturated heterocycles. The van der Waals surface area contributed by atoms with E-state index in [1.54, 1.807) is 0 Å². The topological polar surface area (TPSA) is 38.3 Å². The summed E-state index contributed by atoms with van der Waals surface area (Å²) in [4.78, 5) is 12.1. The molecule has 1 N–H and O–H groups in total. The molecule has 3 heteroatoms. The third-order valence-corrected chi connectivity index (χ3v) is 3.69. The van der Waals surface area contributed by atoms with Crippen LogP contribution in [0.3, 0.4) is 0 Å². The van der Waals surface area contributed by atoms with Gasteiger partial charge in [0.2, 0.25) is 5.91 Å². The van der Waals surface area contributed by atoms with Crippen molar-refractivity contribution in [2.45, 2.75) is 52.2 Å². The molecule has 1 aliphatic rings. The quantitative estimate of drug-likeness (QED) is 0.803. The van der Waals surface area contributed by atoms with Gasteiger partial charge in [-0.25, -0.2) is 0 Å². The molecule has 1 aliphatic carbocycles. The zero-order valence-corrected chi connectivity index (χ0v) is 13.1. The van der Waals surface area contributed by atoms with Crippen LogP contribution in [0.1, 0.15) is 51.6 Å². The van der Waals surface area contributed by atoms with Crippen LogP contribution in [-0.2, 0) is 4.79 Å². The first-order valence-corrected chi connectivity index (χ1v) is 7.78. The molecular formula is C18H25NO2. The predicted octanol–water partition coefficient (Wildman–Crippen LogP) is 4.01. The van der Waals surface area contributed by atoms with E-state index in [0.717, 1.165) is 24.2 Å². The van der Waals surface area contributed by atoms with Crippen LogP contribution in [0, 0.1) is 5.92 Å². The van der Waals surface area contributed by atoms with E-state index in [4.69, 9.17) is 4.74 Å². The number of nitrogens with one attached hydrogen (secondary N) is 1. The Morgan fingerprint density at radius 1 is 1.33 bits per heavy atom. The van der Waals surface area contributed by atoms with E-state index in [1.807, 2.05) is 45.0 Å². The first kappa shape index (κ1) is 15.6. The fourth-order valence-corrected chi connectivity index (χ4v) is 2.68. The lowest BCUT2D eigenvalue weighted by Crippen LogP contribution is -2.28. The molecule has 1 amide bonds. The summed E-state index contributed by atoms with van der Waals surface area (Å²) in [5, 5.41) is 3.08. The monoisotopic (exact) mass is 287 g/mol. The third kappa shape index (κ3) is 4.62. The Bertz CT molecular complexity index is 508. The molecule has 114 valence electrons. The average Bonchev–Trinajstić information content (AvgIpc) is 2.91. The van der Waals surface area contributed by atoms with Crippen molar-refractivity contribution >= 4 is 5.91 Å². The number of hydrogen-bond acceptors (Lipinski definition) is 2. The molecular weight excluding hydrogens is 262 g/mol. The lowest BCUT2D eigenvalue weighted by Gasteiger charge is -2.20. The summed E-state index contributed by atoms with van der Waals surface area (Å²) in [7, 11) is 0. The van der Waals surface area contributed by atoms with Gasteiger partial charge in [-0.15, -0.1) is 0 Å². The second-order valence-electron chi connectivity index (χ2n) is 5.96. The van der Waals surface area contributed by atoms with Gasteiger partial charge in [-0.3, -0.25) is 4.79 Å². The van der Waals surface area contributed by atoms with Crippen molar-refractivity contribution in [3.63, 3.8) is 0 Å². The summed E-state index contributed by atoms with van der Waals surface area (Å²) in [6.07, 6.45) is 7.20. The minimum Gasteiger partial charge on any atom is -0.491 e. The summed E-state index contributed by atoms with van der Waals surface area (Å²) in [6, 6.07) is 7.86. The molecule has 3 nitrogen and oxygen atoms in total. The highest BCUT2D eigenvalue weighted by molar-refractivity contribution is 5.77. The van der Waals surface area contributed by atoms with E-state index >= 15 is 0 Å². The molecule has 1 aromatic rings. The fraction of sp³-hybridized carbons (Fsp3) is 0.500. The van der Waals surface area contributed by atoms with Gasteiger partial charge < -0.3 is 10.1 Å². The number of hydrogen-bond donors (Lipinski definition) is 1. The Labute approximate surface area is 127 Å². The second kappa shape index (κ2) is 7.30. The largest absolute Gasteiger partial charge is 0.491 e. The molecule has 2 rings (SSSR count).